The number of nitrogens with zero attached hydrogens (tertiary/aromatic N) is 2. The molecule has 2 heterocycles. The fourth-order valence-corrected chi connectivity index (χ4v) is 5.16. The van der Waals surface area contributed by atoms with E-state index in [2.05, 4.69) is 20.8 Å². The van der Waals surface area contributed by atoms with Crippen LogP contribution in [0.2, 0.25) is 0 Å². The van der Waals surface area contributed by atoms with Crippen LogP contribution in [-0.2, 0) is 15.0 Å². The molecule has 1 aromatic heterocycles. The molecular formula is C26H34N2O4S. The van der Waals surface area contributed by atoms with Gasteiger partial charge in [-0.1, -0.05) is 26.8 Å². The highest BCUT2D eigenvalue weighted by Crippen LogP contribution is 2.44. The van der Waals surface area contributed by atoms with E-state index in [1.165, 1.54) is 18.4 Å². The maximum Gasteiger partial charge on any atom is 0.295 e. The summed E-state index contributed by atoms with van der Waals surface area (Å²) in [5.74, 6) is -0.956. The number of likely N-dealkylation sites (tertiary alicyclic amines) is 1. The number of thiophene rings is 1. The van der Waals surface area contributed by atoms with Gasteiger partial charge in [-0.2, -0.15) is 0 Å². The molecule has 1 atom stereocenters. The van der Waals surface area contributed by atoms with Crippen molar-refractivity contribution in [2.24, 2.45) is 0 Å². The first-order valence-electron chi connectivity index (χ1n) is 11.1. The summed E-state index contributed by atoms with van der Waals surface area (Å²) in [6.45, 7) is 9.43. The second kappa shape index (κ2) is 9.69. The fourth-order valence-electron chi connectivity index (χ4n) is 4.11. The quantitative estimate of drug-likeness (QED) is 0.360. The number of carbonyl (C=O) groups is 2. The molecule has 0 bridgehead atoms. The van der Waals surface area contributed by atoms with Crippen LogP contribution in [0, 0.1) is 6.92 Å². The Morgan fingerprint density at radius 2 is 1.91 bits per heavy atom. The number of ketones is 1. The van der Waals surface area contributed by atoms with Crippen molar-refractivity contribution >= 4 is 28.8 Å². The molecule has 6 nitrogen and oxygen atoms in total. The Hall–Kier alpha value is -2.64. The number of amides is 1. The Bertz CT molecular complexity index is 1080. The lowest BCUT2D eigenvalue weighted by Gasteiger charge is -2.26. The molecule has 1 fully saturated rings. The first-order chi connectivity index (χ1) is 15.5. The van der Waals surface area contributed by atoms with Crippen LogP contribution in [0.25, 0.3) is 5.76 Å². The van der Waals surface area contributed by atoms with E-state index in [1.807, 2.05) is 49.5 Å². The lowest BCUT2D eigenvalue weighted by molar-refractivity contribution is -0.139. The molecule has 178 valence electrons. The largest absolute Gasteiger partial charge is 0.507 e. The molecule has 0 aliphatic carbocycles. The maximum absolute atomic E-state index is 13.3. The van der Waals surface area contributed by atoms with Crippen LogP contribution in [0.3, 0.4) is 0 Å². The van der Waals surface area contributed by atoms with Crippen molar-refractivity contribution in [1.29, 1.82) is 0 Å². The molecule has 0 spiro atoms. The summed E-state index contributed by atoms with van der Waals surface area (Å²) in [4.78, 5) is 30.9. The van der Waals surface area contributed by atoms with Crippen molar-refractivity contribution in [3.63, 3.8) is 0 Å². The van der Waals surface area contributed by atoms with Crippen LogP contribution in [0.4, 0.5) is 0 Å². The second-order valence-electron chi connectivity index (χ2n) is 9.78. The molecule has 1 aliphatic heterocycles. The summed E-state index contributed by atoms with van der Waals surface area (Å²) in [5, 5.41) is 13.4. The summed E-state index contributed by atoms with van der Waals surface area (Å²) in [6, 6.07) is 6.97. The van der Waals surface area contributed by atoms with E-state index in [1.54, 1.807) is 11.0 Å². The van der Waals surface area contributed by atoms with Crippen molar-refractivity contribution < 1.29 is 19.4 Å². The molecule has 7 heteroatoms. The Kier molecular flexibility index (Phi) is 7.34. The SMILES string of the molecule is COc1ccc(C(C)(C)C)cc1/C(O)=C1\C(=O)C(=O)N(CCCN(C)C)C1c1sccc1C. The summed E-state index contributed by atoms with van der Waals surface area (Å²) in [7, 11) is 5.48. The number of aliphatic hydroxyl groups is 1. The third-order valence-corrected chi connectivity index (χ3v) is 7.09. The van der Waals surface area contributed by atoms with Gasteiger partial charge >= 0.3 is 0 Å². The van der Waals surface area contributed by atoms with Crippen LogP contribution in [0.15, 0.2) is 35.2 Å². The molecule has 3 rings (SSSR count). The normalized spacial score (nSPS) is 18.4. The average molecular weight is 471 g/mol. The van der Waals surface area contributed by atoms with Gasteiger partial charge in [0.1, 0.15) is 11.5 Å². The Morgan fingerprint density at radius 1 is 1.21 bits per heavy atom. The van der Waals surface area contributed by atoms with Gasteiger partial charge in [-0.25, -0.2) is 0 Å². The van der Waals surface area contributed by atoms with Gasteiger partial charge in [0.15, 0.2) is 0 Å². The van der Waals surface area contributed by atoms with Crippen LogP contribution >= 0.6 is 11.3 Å². The topological polar surface area (TPSA) is 70.1 Å². The smallest absolute Gasteiger partial charge is 0.295 e. The van der Waals surface area contributed by atoms with Gasteiger partial charge in [-0.05, 0) is 74.1 Å². The molecule has 1 unspecified atom stereocenters. The van der Waals surface area contributed by atoms with Crippen molar-refractivity contribution in [3.8, 4) is 5.75 Å². The monoisotopic (exact) mass is 470 g/mol. The van der Waals surface area contributed by atoms with Gasteiger partial charge in [0.2, 0.25) is 0 Å². The summed E-state index contributed by atoms with van der Waals surface area (Å²) >= 11 is 1.50. The summed E-state index contributed by atoms with van der Waals surface area (Å²) in [5.41, 5.74) is 2.37. The fraction of sp³-hybridized carbons (Fsp3) is 0.462. The molecule has 1 aromatic carbocycles. The molecular weight excluding hydrogens is 436 g/mol. The van der Waals surface area contributed by atoms with E-state index >= 15 is 0 Å². The predicted octanol–water partition coefficient (Wildman–Crippen LogP) is 4.74. The zero-order valence-electron chi connectivity index (χ0n) is 20.6. The number of hydrogen-bond acceptors (Lipinski definition) is 6. The number of methoxy groups -OCH3 is 1. The second-order valence-corrected chi connectivity index (χ2v) is 10.7. The van der Waals surface area contributed by atoms with E-state index in [4.69, 9.17) is 4.74 Å². The number of carbonyl (C=O) groups excluding carboxylic acids is 2. The molecule has 1 aliphatic rings. The number of rotatable bonds is 7. The van der Waals surface area contributed by atoms with Crippen molar-refractivity contribution in [2.75, 3.05) is 34.3 Å². The molecule has 0 saturated carbocycles. The third kappa shape index (κ3) is 4.99. The minimum absolute atomic E-state index is 0.125. The summed E-state index contributed by atoms with van der Waals surface area (Å²) in [6.07, 6.45) is 0.726. The van der Waals surface area contributed by atoms with Crippen LogP contribution in [0.1, 0.15) is 54.8 Å². The van der Waals surface area contributed by atoms with E-state index in [0.717, 1.165) is 29.0 Å². The highest BCUT2D eigenvalue weighted by molar-refractivity contribution is 7.10. The highest BCUT2D eigenvalue weighted by Gasteiger charge is 2.47. The Balaban J connectivity index is 2.19. The van der Waals surface area contributed by atoms with Crippen molar-refractivity contribution in [1.82, 2.24) is 9.80 Å². The number of aliphatic hydroxyl groups excluding tert-OH is 1. The number of benzene rings is 1. The lowest BCUT2D eigenvalue weighted by Crippen LogP contribution is -2.32. The number of ether oxygens (including phenoxy) is 1. The lowest BCUT2D eigenvalue weighted by atomic mass is 9.85. The van der Waals surface area contributed by atoms with Gasteiger partial charge in [-0.15, -0.1) is 11.3 Å². The third-order valence-electron chi connectivity index (χ3n) is 6.01. The Labute approximate surface area is 200 Å². The zero-order chi connectivity index (χ0) is 24.5. The molecule has 0 radical (unpaired) electrons. The minimum Gasteiger partial charge on any atom is -0.507 e. The molecule has 33 heavy (non-hydrogen) atoms. The van der Waals surface area contributed by atoms with E-state index in [9.17, 15) is 14.7 Å². The minimum atomic E-state index is -0.654. The number of Topliss-reactive ketones (excluding diaryl/α,β-unsaturated/α-hetero) is 1. The van der Waals surface area contributed by atoms with Crippen LogP contribution in [-0.4, -0.2) is 60.9 Å². The van der Waals surface area contributed by atoms with Gasteiger partial charge in [0.25, 0.3) is 11.7 Å². The number of hydrogen-bond donors (Lipinski definition) is 1. The van der Waals surface area contributed by atoms with Crippen LogP contribution < -0.4 is 4.74 Å². The maximum atomic E-state index is 13.3. The first-order valence-corrected chi connectivity index (χ1v) is 12.0. The van der Waals surface area contributed by atoms with Gasteiger partial charge in [0.05, 0.1) is 24.3 Å². The number of aryl methyl sites for hydroxylation is 1. The van der Waals surface area contributed by atoms with Crippen molar-refractivity contribution in [3.05, 3.63) is 56.8 Å². The standard InChI is InChI=1S/C26H34N2O4S/c1-16-11-14-33-24(16)21-20(23(30)25(31)28(21)13-8-12-27(5)6)22(29)18-15-17(26(2,3)4)9-10-19(18)32-7/h9-11,14-15,21,29H,8,12-13H2,1-7H3/b22-20+. The summed E-state index contributed by atoms with van der Waals surface area (Å²) < 4.78 is 5.52. The predicted molar refractivity (Wildman–Crippen MR) is 133 cm³/mol. The molecule has 1 amide bonds. The van der Waals surface area contributed by atoms with E-state index in [-0.39, 0.29) is 16.7 Å². The van der Waals surface area contributed by atoms with Gasteiger partial charge in [0, 0.05) is 11.4 Å². The highest BCUT2D eigenvalue weighted by atomic mass is 32.1. The molecule has 1 saturated heterocycles. The zero-order valence-corrected chi connectivity index (χ0v) is 21.4. The van der Waals surface area contributed by atoms with Crippen molar-refractivity contribution in [2.45, 2.75) is 45.6 Å². The van der Waals surface area contributed by atoms with Gasteiger partial charge in [-0.3, -0.25) is 9.59 Å². The molecule has 2 aromatic rings. The van der Waals surface area contributed by atoms with Gasteiger partial charge < -0.3 is 19.6 Å². The Morgan fingerprint density at radius 3 is 2.45 bits per heavy atom. The first kappa shape index (κ1) is 25.0. The average Bonchev–Trinajstić information content (AvgIpc) is 3.27. The van der Waals surface area contributed by atoms with E-state index < -0.39 is 17.7 Å². The van der Waals surface area contributed by atoms with Crippen LogP contribution in [0.5, 0.6) is 5.75 Å². The molecule has 1 N–H and O–H groups in total. The van der Waals surface area contributed by atoms with E-state index in [0.29, 0.717) is 17.9 Å².